The van der Waals surface area contributed by atoms with Gasteiger partial charge in [-0.1, -0.05) is 11.6 Å². The molecular formula is C7H5ClN3O3+. The molecule has 0 N–H and O–H groups in total. The normalized spacial score (nSPS) is 9.21. The summed E-state index contributed by atoms with van der Waals surface area (Å²) >= 11 is 5.67. The van der Waals surface area contributed by atoms with E-state index in [1.165, 1.54) is 7.11 Å². The number of hydrogen-bond acceptors (Lipinski definition) is 4. The summed E-state index contributed by atoms with van der Waals surface area (Å²) in [5.41, 5.74) is -0.574. The van der Waals surface area contributed by atoms with Gasteiger partial charge in [-0.15, -0.1) is 0 Å². The van der Waals surface area contributed by atoms with Crippen LogP contribution in [-0.4, -0.2) is 12.0 Å². The monoisotopic (exact) mass is 214 g/mol. The topological polar surface area (TPSA) is 80.5 Å². The molecule has 0 unspecified atom stereocenters. The molecule has 0 bridgehead atoms. The van der Waals surface area contributed by atoms with Crippen LogP contribution < -0.4 is 4.74 Å². The summed E-state index contributed by atoms with van der Waals surface area (Å²) in [4.78, 5) is 12.6. The average molecular weight is 215 g/mol. The Labute approximate surface area is 83.8 Å². The highest BCUT2D eigenvalue weighted by Crippen LogP contribution is 2.37. The summed E-state index contributed by atoms with van der Waals surface area (Å²) in [5.74, 6) is 0.158. The van der Waals surface area contributed by atoms with Crippen molar-refractivity contribution in [2.45, 2.75) is 0 Å². The molecule has 0 spiro atoms. The molecule has 0 aliphatic rings. The van der Waals surface area contributed by atoms with Gasteiger partial charge in [0.05, 0.1) is 29.2 Å². The Kier molecular flexibility index (Phi) is 2.84. The minimum Gasteiger partial charge on any atom is -0.495 e. The fraction of sp³-hybridized carbons (Fsp3) is 0.143. The fourth-order valence-electron chi connectivity index (χ4n) is 0.915. The van der Waals surface area contributed by atoms with Crippen molar-refractivity contribution in [2.75, 3.05) is 7.11 Å². The van der Waals surface area contributed by atoms with Gasteiger partial charge < -0.3 is 4.74 Å². The lowest BCUT2D eigenvalue weighted by Crippen LogP contribution is -1.91. The van der Waals surface area contributed by atoms with Crippen molar-refractivity contribution in [3.8, 4) is 5.75 Å². The Hall–Kier alpha value is -1.87. The summed E-state index contributed by atoms with van der Waals surface area (Å²) in [6.45, 7) is 0. The highest BCUT2D eigenvalue weighted by molar-refractivity contribution is 6.32. The van der Waals surface area contributed by atoms with Crippen molar-refractivity contribution in [2.24, 2.45) is 0 Å². The summed E-state index contributed by atoms with van der Waals surface area (Å²) in [6.07, 6.45) is 0. The Bertz CT molecular complexity index is 427. The second-order valence-electron chi connectivity index (χ2n) is 2.33. The third-order valence-electron chi connectivity index (χ3n) is 1.55. The highest BCUT2D eigenvalue weighted by Gasteiger charge is 2.27. The first kappa shape index (κ1) is 10.2. The van der Waals surface area contributed by atoms with Crippen molar-refractivity contribution < 1.29 is 9.66 Å². The van der Waals surface area contributed by atoms with E-state index in [1.807, 2.05) is 0 Å². The van der Waals surface area contributed by atoms with E-state index in [9.17, 15) is 10.1 Å². The van der Waals surface area contributed by atoms with Crippen LogP contribution in [0.15, 0.2) is 12.1 Å². The second-order valence-corrected chi connectivity index (χ2v) is 2.74. The molecule has 7 heteroatoms. The molecule has 6 nitrogen and oxygen atoms in total. The largest absolute Gasteiger partial charge is 0.495 e. The summed E-state index contributed by atoms with van der Waals surface area (Å²) in [6, 6.07) is 2.25. The van der Waals surface area contributed by atoms with Gasteiger partial charge >= 0.3 is 11.4 Å². The van der Waals surface area contributed by atoms with Gasteiger partial charge in [0.1, 0.15) is 5.75 Å². The van der Waals surface area contributed by atoms with E-state index in [4.69, 9.17) is 21.7 Å². The van der Waals surface area contributed by atoms with Crippen LogP contribution in [0.4, 0.5) is 11.4 Å². The average Bonchev–Trinajstić information content (AvgIpc) is 2.16. The number of benzene rings is 1. The Morgan fingerprint density at radius 2 is 2.29 bits per heavy atom. The van der Waals surface area contributed by atoms with Gasteiger partial charge in [0.15, 0.2) is 4.98 Å². The Morgan fingerprint density at radius 3 is 2.71 bits per heavy atom. The molecule has 0 heterocycles. The smallest absolute Gasteiger partial charge is 0.462 e. The lowest BCUT2D eigenvalue weighted by Gasteiger charge is -1.99. The standard InChI is InChI=1S/C7H5ClN3O3/c1-14-7-3-6(11(12)13)5(10-9)2-4(7)8/h2-3H,1H3/q+1. The molecule has 0 radical (unpaired) electrons. The molecule has 0 aromatic heterocycles. The summed E-state index contributed by atoms with van der Waals surface area (Å²) < 4.78 is 4.78. The van der Waals surface area contributed by atoms with E-state index >= 15 is 0 Å². The quantitative estimate of drug-likeness (QED) is 0.431. The van der Waals surface area contributed by atoms with Gasteiger partial charge in [-0.05, 0) is 0 Å². The van der Waals surface area contributed by atoms with Crippen molar-refractivity contribution in [1.29, 1.82) is 5.39 Å². The zero-order chi connectivity index (χ0) is 10.7. The number of nitro groups is 1. The van der Waals surface area contributed by atoms with Gasteiger partial charge in [0.2, 0.25) is 5.39 Å². The third-order valence-corrected chi connectivity index (χ3v) is 1.85. The lowest BCUT2D eigenvalue weighted by molar-refractivity contribution is -0.383. The predicted molar refractivity (Wildman–Crippen MR) is 49.4 cm³/mol. The predicted octanol–water partition coefficient (Wildman–Crippen LogP) is 2.74. The minimum absolute atomic E-state index is 0.144. The van der Waals surface area contributed by atoms with Crippen LogP contribution in [0.5, 0.6) is 5.75 Å². The second kappa shape index (κ2) is 3.89. The Balaban J connectivity index is 3.42. The van der Waals surface area contributed by atoms with Gasteiger partial charge in [-0.3, -0.25) is 10.1 Å². The first-order valence-electron chi connectivity index (χ1n) is 3.47. The van der Waals surface area contributed by atoms with Crippen LogP contribution in [0.1, 0.15) is 0 Å². The third kappa shape index (κ3) is 1.72. The molecule has 0 aliphatic heterocycles. The van der Waals surface area contributed by atoms with Crippen LogP contribution in [-0.2, 0) is 0 Å². The number of nitrogens with zero attached hydrogens (tertiary/aromatic N) is 3. The zero-order valence-corrected chi connectivity index (χ0v) is 7.85. The van der Waals surface area contributed by atoms with Crippen LogP contribution in [0.3, 0.4) is 0 Å². The molecule has 72 valence electrons. The van der Waals surface area contributed by atoms with E-state index < -0.39 is 4.92 Å². The van der Waals surface area contributed by atoms with E-state index in [1.54, 1.807) is 0 Å². The van der Waals surface area contributed by atoms with Crippen LogP contribution in [0.2, 0.25) is 5.02 Å². The maximum atomic E-state index is 10.5. The zero-order valence-electron chi connectivity index (χ0n) is 7.10. The molecule has 0 fully saturated rings. The van der Waals surface area contributed by atoms with Crippen LogP contribution in [0, 0.1) is 15.5 Å². The van der Waals surface area contributed by atoms with Gasteiger partial charge in [0.25, 0.3) is 0 Å². The van der Waals surface area contributed by atoms with Crippen molar-refractivity contribution in [1.82, 2.24) is 0 Å². The van der Waals surface area contributed by atoms with Crippen LogP contribution >= 0.6 is 11.6 Å². The first-order chi connectivity index (χ1) is 6.60. The first-order valence-corrected chi connectivity index (χ1v) is 3.85. The SMILES string of the molecule is COc1cc([N+](=O)[O-])c([N+]#N)cc1Cl. The number of halogens is 1. The molecule has 0 saturated heterocycles. The van der Waals surface area contributed by atoms with E-state index in [0.717, 1.165) is 12.1 Å². The van der Waals surface area contributed by atoms with Gasteiger partial charge in [-0.2, -0.15) is 0 Å². The van der Waals surface area contributed by atoms with Crippen molar-refractivity contribution in [3.63, 3.8) is 0 Å². The minimum atomic E-state index is -0.687. The number of methoxy groups -OCH3 is 1. The summed E-state index contributed by atoms with van der Waals surface area (Å²) in [7, 11) is 1.33. The fourth-order valence-corrected chi connectivity index (χ4v) is 1.15. The molecule has 0 amide bonds. The van der Waals surface area contributed by atoms with Gasteiger partial charge in [0, 0.05) is 0 Å². The molecule has 1 rings (SSSR count). The number of diazo groups is 1. The molecule has 0 aliphatic carbocycles. The molecule has 0 atom stereocenters. The molecule has 0 saturated carbocycles. The molecule has 1 aromatic carbocycles. The Morgan fingerprint density at radius 1 is 1.64 bits per heavy atom. The summed E-state index contributed by atoms with van der Waals surface area (Å²) in [5, 5.41) is 19.1. The van der Waals surface area contributed by atoms with E-state index in [2.05, 4.69) is 4.98 Å². The van der Waals surface area contributed by atoms with Crippen molar-refractivity contribution >= 4 is 23.0 Å². The van der Waals surface area contributed by atoms with E-state index in [-0.39, 0.29) is 22.1 Å². The van der Waals surface area contributed by atoms with Crippen LogP contribution in [0.25, 0.3) is 4.98 Å². The molecule has 14 heavy (non-hydrogen) atoms. The molecule has 1 aromatic rings. The number of ether oxygens (including phenoxy) is 1. The number of hydrogen-bond donors (Lipinski definition) is 0. The lowest BCUT2D eigenvalue weighted by atomic mass is 10.2. The maximum Gasteiger partial charge on any atom is 0.462 e. The number of nitro benzene ring substituents is 1. The number of rotatable bonds is 2. The van der Waals surface area contributed by atoms with Crippen molar-refractivity contribution in [3.05, 3.63) is 32.2 Å². The van der Waals surface area contributed by atoms with Gasteiger partial charge in [-0.25, -0.2) is 0 Å². The highest BCUT2D eigenvalue weighted by atomic mass is 35.5. The maximum absolute atomic E-state index is 10.5. The van der Waals surface area contributed by atoms with E-state index in [0.29, 0.717) is 0 Å². The molecular weight excluding hydrogens is 210 g/mol.